The smallest absolute Gasteiger partial charge is 0.235 e. The molecule has 0 spiro atoms. The summed E-state index contributed by atoms with van der Waals surface area (Å²) in [5.74, 6) is 0.106. The number of amides is 1. The summed E-state index contributed by atoms with van der Waals surface area (Å²) in [7, 11) is -1.35. The topological polar surface area (TPSA) is 72.3 Å². The van der Waals surface area contributed by atoms with E-state index in [1.54, 1.807) is 11.9 Å². The Morgan fingerprint density at radius 3 is 2.55 bits per heavy atom. The van der Waals surface area contributed by atoms with Crippen LogP contribution in [-0.2, 0) is 14.6 Å². The number of sulfone groups is 1. The van der Waals surface area contributed by atoms with Crippen LogP contribution in [0.5, 0.6) is 0 Å². The molecule has 0 aliphatic carbocycles. The van der Waals surface area contributed by atoms with Crippen LogP contribution in [0.15, 0.2) is 59.9 Å². The Kier molecular flexibility index (Phi) is 6.68. The molecule has 2 heterocycles. The highest BCUT2D eigenvalue weighted by molar-refractivity contribution is 8.00. The van der Waals surface area contributed by atoms with E-state index >= 15 is 0 Å². The predicted molar refractivity (Wildman–Crippen MR) is 134 cm³/mol. The number of benzene rings is 2. The predicted octanol–water partition coefficient (Wildman–Crippen LogP) is 4.28. The van der Waals surface area contributed by atoms with Crippen molar-refractivity contribution in [3.63, 3.8) is 0 Å². The third-order valence-electron chi connectivity index (χ3n) is 6.35. The Hall–Kier alpha value is -2.58. The first kappa shape index (κ1) is 23.6. The number of imidazole rings is 1. The van der Waals surface area contributed by atoms with Crippen LogP contribution in [0, 0.1) is 13.8 Å². The summed E-state index contributed by atoms with van der Waals surface area (Å²) in [5.41, 5.74) is 5.37. The number of hydrogen-bond donors (Lipinski definition) is 0. The first-order valence-corrected chi connectivity index (χ1v) is 13.7. The fourth-order valence-electron chi connectivity index (χ4n) is 4.20. The van der Waals surface area contributed by atoms with Crippen LogP contribution in [0.3, 0.4) is 0 Å². The number of aryl methyl sites for hydroxylation is 1. The lowest BCUT2D eigenvalue weighted by atomic mass is 10.1. The van der Waals surface area contributed by atoms with Gasteiger partial charge in [0.2, 0.25) is 5.91 Å². The molecule has 1 fully saturated rings. The summed E-state index contributed by atoms with van der Waals surface area (Å²) in [6, 6.07) is 16.0. The van der Waals surface area contributed by atoms with Gasteiger partial charge in [0, 0.05) is 18.7 Å². The summed E-state index contributed by atoms with van der Waals surface area (Å²) >= 11 is 1.40. The monoisotopic (exact) mass is 483 g/mol. The lowest BCUT2D eigenvalue weighted by Gasteiger charge is -2.26. The van der Waals surface area contributed by atoms with Crippen molar-refractivity contribution in [2.24, 2.45) is 0 Å². The van der Waals surface area contributed by atoms with E-state index in [9.17, 15) is 13.2 Å². The standard InChI is InChI=1S/C25H29N3O3S2/c1-17-9-8-12-22(18(17)2)28-23(20-10-6-5-7-11-20)15-26-25(28)32-19(3)24(29)27(4)21-13-14-33(30,31)16-21/h5-12,15,19,21H,13-14,16H2,1-4H3/t19-,21-/m1/s1. The molecule has 174 valence electrons. The molecule has 0 saturated carbocycles. The molecule has 0 radical (unpaired) electrons. The number of aromatic nitrogens is 2. The molecule has 3 aromatic rings. The molecule has 1 aliphatic heterocycles. The fraction of sp³-hybridized carbons (Fsp3) is 0.360. The van der Waals surface area contributed by atoms with Crippen molar-refractivity contribution in [2.75, 3.05) is 18.6 Å². The van der Waals surface area contributed by atoms with E-state index in [0.29, 0.717) is 6.42 Å². The van der Waals surface area contributed by atoms with Gasteiger partial charge in [-0.1, -0.05) is 54.2 Å². The van der Waals surface area contributed by atoms with E-state index in [2.05, 4.69) is 42.7 Å². The minimum atomic E-state index is -3.05. The molecular weight excluding hydrogens is 454 g/mol. The second kappa shape index (κ2) is 9.35. The van der Waals surface area contributed by atoms with Crippen molar-refractivity contribution in [3.05, 3.63) is 65.9 Å². The van der Waals surface area contributed by atoms with Crippen molar-refractivity contribution >= 4 is 27.5 Å². The van der Waals surface area contributed by atoms with Gasteiger partial charge in [-0.05, 0) is 44.4 Å². The molecular formula is C25H29N3O3S2. The van der Waals surface area contributed by atoms with Crippen LogP contribution >= 0.6 is 11.8 Å². The number of thioether (sulfide) groups is 1. The van der Waals surface area contributed by atoms with Crippen molar-refractivity contribution in [1.29, 1.82) is 0 Å². The number of carbonyl (C=O) groups excluding carboxylic acids is 1. The molecule has 0 N–H and O–H groups in total. The molecule has 1 aromatic heterocycles. The van der Waals surface area contributed by atoms with Crippen LogP contribution in [0.4, 0.5) is 0 Å². The van der Waals surface area contributed by atoms with Crippen LogP contribution < -0.4 is 0 Å². The van der Waals surface area contributed by atoms with Gasteiger partial charge in [0.15, 0.2) is 15.0 Å². The Bertz CT molecular complexity index is 1270. The van der Waals surface area contributed by atoms with E-state index in [4.69, 9.17) is 4.98 Å². The highest BCUT2D eigenvalue weighted by atomic mass is 32.2. The average molecular weight is 484 g/mol. The zero-order chi connectivity index (χ0) is 23.8. The molecule has 1 aliphatic rings. The minimum absolute atomic E-state index is 0.0435. The van der Waals surface area contributed by atoms with Gasteiger partial charge in [-0.2, -0.15) is 0 Å². The van der Waals surface area contributed by atoms with Crippen LogP contribution in [-0.4, -0.2) is 58.6 Å². The second-order valence-electron chi connectivity index (χ2n) is 8.61. The number of carbonyl (C=O) groups is 1. The maximum Gasteiger partial charge on any atom is 0.235 e. The van der Waals surface area contributed by atoms with E-state index < -0.39 is 15.1 Å². The van der Waals surface area contributed by atoms with E-state index in [1.807, 2.05) is 37.4 Å². The molecule has 2 aromatic carbocycles. The summed E-state index contributed by atoms with van der Waals surface area (Å²) in [4.78, 5) is 19.5. The maximum atomic E-state index is 13.2. The Labute approximate surface area is 199 Å². The summed E-state index contributed by atoms with van der Waals surface area (Å²) < 4.78 is 25.9. The second-order valence-corrected chi connectivity index (χ2v) is 12.1. The molecule has 1 saturated heterocycles. The maximum absolute atomic E-state index is 13.2. The average Bonchev–Trinajstić information content (AvgIpc) is 3.38. The Morgan fingerprint density at radius 1 is 1.15 bits per heavy atom. The van der Waals surface area contributed by atoms with Crippen LogP contribution in [0.2, 0.25) is 0 Å². The van der Waals surface area contributed by atoms with E-state index in [-0.39, 0.29) is 23.5 Å². The van der Waals surface area contributed by atoms with Gasteiger partial charge in [-0.15, -0.1) is 0 Å². The largest absolute Gasteiger partial charge is 0.341 e. The molecule has 0 unspecified atom stereocenters. The third-order valence-corrected chi connectivity index (χ3v) is 9.15. The lowest BCUT2D eigenvalue weighted by molar-refractivity contribution is -0.130. The van der Waals surface area contributed by atoms with Gasteiger partial charge in [-0.25, -0.2) is 13.4 Å². The van der Waals surface area contributed by atoms with E-state index in [1.165, 1.54) is 17.3 Å². The Morgan fingerprint density at radius 2 is 1.88 bits per heavy atom. The van der Waals surface area contributed by atoms with Gasteiger partial charge in [0.25, 0.3) is 0 Å². The Balaban J connectivity index is 1.67. The zero-order valence-corrected chi connectivity index (χ0v) is 21.0. The SMILES string of the molecule is Cc1cccc(-n2c(-c3ccccc3)cnc2S[C@H](C)C(=O)N(C)[C@@H]2CCS(=O)(=O)C2)c1C. The quantitative estimate of drug-likeness (QED) is 0.489. The van der Waals surface area contributed by atoms with Crippen molar-refractivity contribution in [2.45, 2.75) is 43.6 Å². The molecule has 0 bridgehead atoms. The van der Waals surface area contributed by atoms with Gasteiger partial charge < -0.3 is 4.90 Å². The first-order chi connectivity index (χ1) is 15.7. The molecule has 8 heteroatoms. The molecule has 33 heavy (non-hydrogen) atoms. The normalized spacial score (nSPS) is 18.2. The zero-order valence-electron chi connectivity index (χ0n) is 19.4. The molecule has 4 rings (SSSR count). The van der Waals surface area contributed by atoms with Gasteiger partial charge >= 0.3 is 0 Å². The van der Waals surface area contributed by atoms with Crippen molar-refractivity contribution in [1.82, 2.24) is 14.5 Å². The van der Waals surface area contributed by atoms with E-state index in [0.717, 1.165) is 27.7 Å². The summed E-state index contributed by atoms with van der Waals surface area (Å²) in [5, 5.41) is 0.323. The molecule has 1 amide bonds. The van der Waals surface area contributed by atoms with Gasteiger partial charge in [0.05, 0.1) is 34.3 Å². The number of rotatable bonds is 6. The molecule has 2 atom stereocenters. The lowest BCUT2D eigenvalue weighted by Crippen LogP contribution is -2.41. The van der Waals surface area contributed by atoms with Crippen LogP contribution in [0.25, 0.3) is 16.9 Å². The number of nitrogens with zero attached hydrogens (tertiary/aromatic N) is 3. The van der Waals surface area contributed by atoms with Gasteiger partial charge in [-0.3, -0.25) is 9.36 Å². The highest BCUT2D eigenvalue weighted by Crippen LogP contribution is 2.34. The highest BCUT2D eigenvalue weighted by Gasteiger charge is 2.34. The van der Waals surface area contributed by atoms with Crippen molar-refractivity contribution in [3.8, 4) is 16.9 Å². The summed E-state index contributed by atoms with van der Waals surface area (Å²) in [6.45, 7) is 6.04. The molecule has 6 nitrogen and oxygen atoms in total. The first-order valence-electron chi connectivity index (χ1n) is 11.0. The fourth-order valence-corrected chi connectivity index (χ4v) is 6.97. The summed E-state index contributed by atoms with van der Waals surface area (Å²) in [6.07, 6.45) is 2.35. The van der Waals surface area contributed by atoms with Crippen LogP contribution in [0.1, 0.15) is 24.5 Å². The number of hydrogen-bond acceptors (Lipinski definition) is 5. The minimum Gasteiger partial charge on any atom is -0.341 e. The van der Waals surface area contributed by atoms with Gasteiger partial charge in [0.1, 0.15) is 0 Å². The third kappa shape index (κ3) is 4.87. The van der Waals surface area contributed by atoms with Crippen molar-refractivity contribution < 1.29 is 13.2 Å².